The fourth-order valence-corrected chi connectivity index (χ4v) is 12.4. The highest BCUT2D eigenvalue weighted by Crippen LogP contribution is 2.50. The maximum Gasteiger partial charge on any atom is 0.459 e. The Morgan fingerprint density at radius 1 is 0.850 bits per heavy atom. The quantitative estimate of drug-likeness (QED) is 0.0187. The summed E-state index contributed by atoms with van der Waals surface area (Å²) in [6, 6.07) is 25.6. The third-order valence-corrected chi connectivity index (χ3v) is 17.1. The number of rotatable bonds is 28. The Morgan fingerprint density at radius 3 is 2.02 bits per heavy atom. The lowest BCUT2D eigenvalue weighted by Crippen LogP contribution is -2.44. The van der Waals surface area contributed by atoms with Gasteiger partial charge in [0.1, 0.15) is 24.1 Å². The van der Waals surface area contributed by atoms with Gasteiger partial charge in [0.05, 0.1) is 54.8 Å². The highest BCUT2D eigenvalue weighted by molar-refractivity contribution is 7.99. The van der Waals surface area contributed by atoms with Gasteiger partial charge in [0.2, 0.25) is 5.91 Å². The molecular formula is C56H66F7N4O10PS2. The Labute approximate surface area is 468 Å². The summed E-state index contributed by atoms with van der Waals surface area (Å²) < 4.78 is 140. The van der Waals surface area contributed by atoms with E-state index in [1.165, 1.54) is 73.8 Å². The van der Waals surface area contributed by atoms with Crippen LogP contribution in [0.1, 0.15) is 101 Å². The lowest BCUT2D eigenvalue weighted by Gasteiger charge is -2.33. The Balaban J connectivity index is 1.14. The maximum absolute atomic E-state index is 16.2. The first kappa shape index (κ1) is 63.9. The largest absolute Gasteiger partial charge is 0.462 e. The summed E-state index contributed by atoms with van der Waals surface area (Å²) in [5, 5.41) is 16.9. The number of carbonyl (C=O) groups is 2. The van der Waals surface area contributed by atoms with E-state index in [-0.39, 0.29) is 30.6 Å². The maximum atomic E-state index is 16.2. The molecule has 7 atom stereocenters. The van der Waals surface area contributed by atoms with Gasteiger partial charge >= 0.3 is 31.8 Å². The fraction of sp³-hybridized carbons (Fsp3) is 0.464. The van der Waals surface area contributed by atoms with Crippen LogP contribution in [0.25, 0.3) is 0 Å². The number of thioether (sulfide) groups is 2. The topological polar surface area (TPSA) is 177 Å². The van der Waals surface area contributed by atoms with E-state index in [1.807, 2.05) is 44.2 Å². The van der Waals surface area contributed by atoms with Crippen LogP contribution in [0.4, 0.5) is 36.6 Å². The van der Waals surface area contributed by atoms with Crippen molar-refractivity contribution in [2.75, 3.05) is 24.3 Å². The molecule has 436 valence electrons. The van der Waals surface area contributed by atoms with Gasteiger partial charge in [0.15, 0.2) is 11.6 Å². The summed E-state index contributed by atoms with van der Waals surface area (Å²) in [5.41, 5.74) is -2.66. The predicted molar refractivity (Wildman–Crippen MR) is 292 cm³/mol. The van der Waals surface area contributed by atoms with Crippen LogP contribution < -0.4 is 20.6 Å². The van der Waals surface area contributed by atoms with E-state index in [0.717, 1.165) is 40.6 Å². The van der Waals surface area contributed by atoms with Crippen LogP contribution in [0.2, 0.25) is 0 Å². The number of benzene rings is 4. The summed E-state index contributed by atoms with van der Waals surface area (Å²) in [4.78, 5) is 44.2. The average molecular weight is 1180 g/mol. The van der Waals surface area contributed by atoms with Crippen molar-refractivity contribution in [2.24, 2.45) is 10.8 Å². The number of amides is 1. The molecule has 1 aliphatic heterocycles. The number of aliphatic hydroxyl groups is 1. The molecule has 2 heterocycles. The third-order valence-electron chi connectivity index (χ3n) is 13.0. The van der Waals surface area contributed by atoms with Crippen LogP contribution in [0, 0.1) is 16.6 Å². The Hall–Kier alpha value is -5.26. The second-order valence-electron chi connectivity index (χ2n) is 20.7. The number of esters is 1. The van der Waals surface area contributed by atoms with Crippen LogP contribution in [-0.4, -0.2) is 75.1 Å². The summed E-state index contributed by atoms with van der Waals surface area (Å²) in [5.74, 6) is -1.63. The van der Waals surface area contributed by atoms with Gasteiger partial charge in [-0.2, -0.15) is 59.9 Å². The number of nitrogens with one attached hydrogen (secondary N) is 2. The van der Waals surface area contributed by atoms with Crippen LogP contribution in [-0.2, 0) is 63.4 Å². The number of alkyl halides is 6. The molecule has 80 heavy (non-hydrogen) atoms. The van der Waals surface area contributed by atoms with Crippen molar-refractivity contribution in [3.05, 3.63) is 160 Å². The minimum Gasteiger partial charge on any atom is -0.462 e. The number of para-hydroxylation sites is 1. The first-order chi connectivity index (χ1) is 37.6. The van der Waals surface area contributed by atoms with Gasteiger partial charge in [-0.1, -0.05) is 93.6 Å². The summed E-state index contributed by atoms with van der Waals surface area (Å²) >= 11 is 3.06. The normalized spacial score (nSPS) is 19.3. The zero-order chi connectivity index (χ0) is 58.5. The van der Waals surface area contributed by atoms with Crippen molar-refractivity contribution >= 4 is 49.0 Å². The summed E-state index contributed by atoms with van der Waals surface area (Å²) in [7, 11) is -4.48. The number of carbonyl (C=O) groups excluding carboxylic acids is 2. The van der Waals surface area contributed by atoms with Crippen molar-refractivity contribution in [1.29, 1.82) is 0 Å². The van der Waals surface area contributed by atoms with Crippen molar-refractivity contribution in [3.63, 3.8) is 0 Å². The molecule has 3 unspecified atom stereocenters. The van der Waals surface area contributed by atoms with E-state index in [0.29, 0.717) is 47.6 Å². The molecule has 0 saturated carbocycles. The number of aliphatic hydroxyl groups excluding tert-OH is 1. The molecule has 1 aromatic heterocycles. The van der Waals surface area contributed by atoms with Crippen molar-refractivity contribution in [1.82, 2.24) is 14.6 Å². The van der Waals surface area contributed by atoms with Gasteiger partial charge in [-0.25, -0.2) is 13.8 Å². The number of nitrogens with zero attached hydrogens (tertiary/aromatic N) is 2. The van der Waals surface area contributed by atoms with Gasteiger partial charge in [-0.15, -0.1) is 0 Å². The number of halogens is 7. The number of anilines is 1. The molecule has 0 aliphatic carbocycles. The Morgan fingerprint density at radius 2 is 1.44 bits per heavy atom. The van der Waals surface area contributed by atoms with E-state index in [2.05, 4.69) is 15.4 Å². The summed E-state index contributed by atoms with van der Waals surface area (Å²) in [6.07, 6.45) is -11.5. The second kappa shape index (κ2) is 28.1. The van der Waals surface area contributed by atoms with Gasteiger partial charge in [0.25, 0.3) is 0 Å². The molecule has 5 aromatic rings. The lowest BCUT2D eigenvalue weighted by atomic mass is 9.83. The third kappa shape index (κ3) is 18.9. The predicted octanol–water partition coefficient (Wildman–Crippen LogP) is 12.8. The SMILES string of the molecule is CC(C)OC(=O)[C@H](C)NP(=O)(OC[C@H]1O[C@@H](n2cc(F)c(NC(=O)CC(C)(C)CC[C@H](CCSCc3ccc(C(F)(F)F)cc3)SCc3ccc(C(F)(F)F)cc3)nc2=O)C(C)(COCc2ccccc2)C1O)Oc1ccccc1. The Bertz CT molecular complexity index is 2910. The standard InChI is InChI=1S/C56H66F7N4O10PS2/c1-36(2)75-50(70)37(3)66-78(72,77-43-15-11-8-12-16-43)74-32-46-48(69)54(6,35-73-31-38-13-9-7-10-14-38)51(76-46)67-30-45(57)49(65-52(67)71)64-47(68)29-53(4,5)27-25-44(80-34-40-19-23-42(24-20-40)56(61,62)63)26-28-79-33-39-17-21-41(22-18-39)55(58,59)60/h7-24,30,36-37,44,46,48,51,69H,25-29,31-35H2,1-6H3,(H,66,72)(H,64,65,68,71)/t37-,44+,46+,48?,51+,54?,78?/m0/s1. The number of hydrogen-bond acceptors (Lipinski definition) is 13. The zero-order valence-electron chi connectivity index (χ0n) is 44.9. The number of hydrogen-bond donors (Lipinski definition) is 3. The van der Waals surface area contributed by atoms with E-state index in [1.54, 1.807) is 32.0 Å². The van der Waals surface area contributed by atoms with Gasteiger partial charge < -0.3 is 29.2 Å². The van der Waals surface area contributed by atoms with Crippen molar-refractivity contribution < 1.29 is 73.3 Å². The van der Waals surface area contributed by atoms with Crippen LogP contribution in [0.5, 0.6) is 5.75 Å². The second-order valence-corrected chi connectivity index (χ2v) is 24.8. The molecule has 3 N–H and O–H groups in total. The molecule has 0 radical (unpaired) electrons. The molecule has 24 heteroatoms. The molecule has 1 saturated heterocycles. The number of ether oxygens (including phenoxy) is 3. The van der Waals surface area contributed by atoms with E-state index >= 15 is 4.39 Å². The van der Waals surface area contributed by atoms with Crippen LogP contribution >= 0.6 is 31.3 Å². The molecule has 1 amide bonds. The molecule has 4 aromatic carbocycles. The average Bonchev–Trinajstić information content (AvgIpc) is 3.77. The zero-order valence-corrected chi connectivity index (χ0v) is 47.5. The highest BCUT2D eigenvalue weighted by atomic mass is 32.2. The van der Waals surface area contributed by atoms with Crippen LogP contribution in [0.3, 0.4) is 0 Å². The van der Waals surface area contributed by atoms with Crippen molar-refractivity contribution in [3.8, 4) is 5.75 Å². The van der Waals surface area contributed by atoms with Gasteiger partial charge in [-0.3, -0.25) is 18.7 Å². The summed E-state index contributed by atoms with van der Waals surface area (Å²) in [6.45, 7) is 9.05. The first-order valence-corrected chi connectivity index (χ1v) is 29.4. The monoisotopic (exact) mass is 1180 g/mol. The smallest absolute Gasteiger partial charge is 0.459 e. The molecule has 0 bridgehead atoms. The van der Waals surface area contributed by atoms with Gasteiger partial charge in [0, 0.05) is 23.2 Å². The highest BCUT2D eigenvalue weighted by Gasteiger charge is 2.55. The minimum atomic E-state index is -4.49. The van der Waals surface area contributed by atoms with Gasteiger partial charge in [-0.05, 0) is 104 Å². The number of aromatic nitrogens is 2. The molecule has 1 fully saturated rings. The molecule has 14 nitrogen and oxygen atoms in total. The first-order valence-electron chi connectivity index (χ1n) is 25.7. The fourth-order valence-electron chi connectivity index (χ4n) is 8.57. The van der Waals surface area contributed by atoms with E-state index < -0.39 is 108 Å². The van der Waals surface area contributed by atoms with E-state index in [4.69, 9.17) is 23.3 Å². The molecule has 6 rings (SSSR count). The van der Waals surface area contributed by atoms with Crippen LogP contribution in [0.15, 0.2) is 120 Å². The molecule has 0 spiro atoms. The Kier molecular flexibility index (Phi) is 22.5. The molecule has 1 aliphatic rings. The minimum absolute atomic E-state index is 0.0452. The molecular weight excluding hydrogens is 1120 g/mol. The van der Waals surface area contributed by atoms with E-state index in [9.17, 15) is 50.4 Å². The lowest BCUT2D eigenvalue weighted by molar-refractivity contribution is -0.149. The van der Waals surface area contributed by atoms with Crippen molar-refractivity contribution in [2.45, 2.75) is 134 Å².